The van der Waals surface area contributed by atoms with E-state index in [-0.39, 0.29) is 25.2 Å². The number of rotatable bonds is 10. The summed E-state index contributed by atoms with van der Waals surface area (Å²) in [5.41, 5.74) is 0.981. The zero-order chi connectivity index (χ0) is 15.7. The topological polar surface area (TPSA) is 61.8 Å². The molecule has 0 aliphatic rings. The molecule has 1 rings (SSSR count). The van der Waals surface area contributed by atoms with Crippen molar-refractivity contribution >= 4 is 13.4 Å². The van der Waals surface area contributed by atoms with Crippen LogP contribution in [0, 0.1) is 0 Å². The molecule has 21 heavy (non-hydrogen) atoms. The summed E-state index contributed by atoms with van der Waals surface area (Å²) in [5.74, 6) is -0.281. The monoisotopic (exact) mass is 314 g/mol. The normalized spacial score (nSPS) is 13.1. The standard InChI is InChI=1S/C15H23O5P/c1-4-19-21(17,20-5-2)12-15(16)13(3)18-11-14-9-7-6-8-10-14/h6-10,13H,4-5,11-12H2,1-3H3/t13-/m0/s1. The van der Waals surface area contributed by atoms with E-state index in [1.807, 2.05) is 30.3 Å². The first-order valence-electron chi connectivity index (χ1n) is 7.07. The van der Waals surface area contributed by atoms with Gasteiger partial charge in [-0.2, -0.15) is 0 Å². The lowest BCUT2D eigenvalue weighted by Crippen LogP contribution is -2.24. The van der Waals surface area contributed by atoms with Crippen molar-refractivity contribution in [2.75, 3.05) is 19.4 Å². The minimum Gasteiger partial charge on any atom is -0.366 e. The van der Waals surface area contributed by atoms with E-state index >= 15 is 0 Å². The van der Waals surface area contributed by atoms with Gasteiger partial charge in [0, 0.05) is 0 Å². The molecule has 0 aliphatic heterocycles. The summed E-state index contributed by atoms with van der Waals surface area (Å²) < 4.78 is 28.0. The summed E-state index contributed by atoms with van der Waals surface area (Å²) in [4.78, 5) is 12.1. The Balaban J connectivity index is 2.51. The molecule has 0 aromatic heterocycles. The van der Waals surface area contributed by atoms with Crippen LogP contribution in [-0.2, 0) is 29.8 Å². The van der Waals surface area contributed by atoms with Gasteiger partial charge in [-0.15, -0.1) is 0 Å². The van der Waals surface area contributed by atoms with Crippen molar-refractivity contribution in [1.29, 1.82) is 0 Å². The molecule has 118 valence electrons. The van der Waals surface area contributed by atoms with Gasteiger partial charge < -0.3 is 13.8 Å². The highest BCUT2D eigenvalue weighted by Crippen LogP contribution is 2.48. The zero-order valence-electron chi connectivity index (χ0n) is 12.8. The number of carbonyl (C=O) groups excluding carboxylic acids is 1. The lowest BCUT2D eigenvalue weighted by molar-refractivity contribution is -0.127. The van der Waals surface area contributed by atoms with Crippen molar-refractivity contribution in [3.63, 3.8) is 0 Å². The van der Waals surface area contributed by atoms with E-state index < -0.39 is 13.7 Å². The van der Waals surface area contributed by atoms with Gasteiger partial charge in [-0.3, -0.25) is 9.36 Å². The van der Waals surface area contributed by atoms with Gasteiger partial charge in [-0.1, -0.05) is 30.3 Å². The fraction of sp³-hybridized carbons (Fsp3) is 0.533. The molecule has 1 aromatic carbocycles. The first-order valence-corrected chi connectivity index (χ1v) is 8.80. The van der Waals surface area contributed by atoms with Crippen molar-refractivity contribution in [1.82, 2.24) is 0 Å². The zero-order valence-corrected chi connectivity index (χ0v) is 13.7. The van der Waals surface area contributed by atoms with E-state index in [0.717, 1.165) is 5.56 Å². The highest BCUT2D eigenvalue weighted by atomic mass is 31.2. The van der Waals surface area contributed by atoms with Crippen molar-refractivity contribution in [2.24, 2.45) is 0 Å². The summed E-state index contributed by atoms with van der Waals surface area (Å²) in [5, 5.41) is 0. The molecular weight excluding hydrogens is 291 g/mol. The number of benzene rings is 1. The lowest BCUT2D eigenvalue weighted by Gasteiger charge is -2.18. The fourth-order valence-electron chi connectivity index (χ4n) is 1.73. The second-order valence-electron chi connectivity index (χ2n) is 4.51. The molecule has 0 radical (unpaired) electrons. The average molecular weight is 314 g/mol. The van der Waals surface area contributed by atoms with Crippen LogP contribution in [0.1, 0.15) is 26.3 Å². The molecule has 0 saturated heterocycles. The predicted octanol–water partition coefficient (Wildman–Crippen LogP) is 3.43. The molecule has 0 spiro atoms. The Labute approximate surface area is 126 Å². The molecule has 5 nitrogen and oxygen atoms in total. The van der Waals surface area contributed by atoms with Crippen LogP contribution < -0.4 is 0 Å². The molecule has 0 fully saturated rings. The van der Waals surface area contributed by atoms with Gasteiger partial charge in [0.1, 0.15) is 12.3 Å². The van der Waals surface area contributed by atoms with E-state index in [1.54, 1.807) is 20.8 Å². The van der Waals surface area contributed by atoms with Gasteiger partial charge in [-0.05, 0) is 26.3 Å². The van der Waals surface area contributed by atoms with Gasteiger partial charge in [0.2, 0.25) is 0 Å². The second-order valence-corrected chi connectivity index (χ2v) is 6.56. The fourth-order valence-corrected chi connectivity index (χ4v) is 3.41. The molecular formula is C15H23O5P. The second kappa shape index (κ2) is 9.11. The summed E-state index contributed by atoms with van der Waals surface area (Å²) in [6.45, 7) is 5.89. The minimum atomic E-state index is -3.35. The number of carbonyl (C=O) groups is 1. The van der Waals surface area contributed by atoms with Crippen LogP contribution in [0.2, 0.25) is 0 Å². The summed E-state index contributed by atoms with van der Waals surface area (Å²) in [6.07, 6.45) is -0.913. The maximum atomic E-state index is 12.3. The first-order chi connectivity index (χ1) is 10.0. The number of hydrogen-bond donors (Lipinski definition) is 0. The highest BCUT2D eigenvalue weighted by molar-refractivity contribution is 7.54. The Morgan fingerprint density at radius 2 is 1.71 bits per heavy atom. The lowest BCUT2D eigenvalue weighted by atomic mass is 10.2. The van der Waals surface area contributed by atoms with Gasteiger partial charge in [0.15, 0.2) is 5.78 Å². The Morgan fingerprint density at radius 1 is 1.14 bits per heavy atom. The van der Waals surface area contributed by atoms with E-state index in [0.29, 0.717) is 6.61 Å². The van der Waals surface area contributed by atoms with E-state index in [2.05, 4.69) is 0 Å². The Kier molecular flexibility index (Phi) is 7.83. The highest BCUT2D eigenvalue weighted by Gasteiger charge is 2.30. The van der Waals surface area contributed by atoms with Crippen LogP contribution in [0.25, 0.3) is 0 Å². The number of ketones is 1. The smallest absolute Gasteiger partial charge is 0.338 e. The van der Waals surface area contributed by atoms with Gasteiger partial charge in [-0.25, -0.2) is 0 Å². The van der Waals surface area contributed by atoms with Crippen LogP contribution in [0.3, 0.4) is 0 Å². The Morgan fingerprint density at radius 3 is 2.24 bits per heavy atom. The maximum absolute atomic E-state index is 12.3. The molecule has 0 bridgehead atoms. The van der Waals surface area contributed by atoms with E-state index in [1.165, 1.54) is 0 Å². The molecule has 1 aromatic rings. The molecule has 0 heterocycles. The number of ether oxygens (including phenoxy) is 1. The first kappa shape index (κ1) is 18.1. The van der Waals surface area contributed by atoms with Gasteiger partial charge in [0.05, 0.1) is 19.8 Å². The Bertz CT molecular complexity index is 464. The van der Waals surface area contributed by atoms with Gasteiger partial charge in [0.25, 0.3) is 0 Å². The molecule has 1 atom stereocenters. The summed E-state index contributed by atoms with van der Waals surface area (Å²) in [7, 11) is -3.35. The third-order valence-corrected chi connectivity index (χ3v) is 4.80. The molecule has 0 N–H and O–H groups in total. The predicted molar refractivity (Wildman–Crippen MR) is 81.4 cm³/mol. The van der Waals surface area contributed by atoms with Gasteiger partial charge >= 0.3 is 7.60 Å². The molecule has 0 saturated carbocycles. The number of hydrogen-bond acceptors (Lipinski definition) is 5. The van der Waals surface area contributed by atoms with Crippen LogP contribution >= 0.6 is 7.60 Å². The van der Waals surface area contributed by atoms with E-state index in [4.69, 9.17) is 13.8 Å². The maximum Gasteiger partial charge on any atom is 0.338 e. The SMILES string of the molecule is CCOP(=O)(CC(=O)[C@H](C)OCc1ccccc1)OCC. The van der Waals surface area contributed by atoms with Crippen molar-refractivity contribution in [3.05, 3.63) is 35.9 Å². The third-order valence-electron chi connectivity index (χ3n) is 2.80. The quantitative estimate of drug-likeness (QED) is 0.619. The van der Waals surface area contributed by atoms with Crippen molar-refractivity contribution < 1.29 is 23.1 Å². The van der Waals surface area contributed by atoms with Crippen LogP contribution in [0.5, 0.6) is 0 Å². The average Bonchev–Trinajstić information content (AvgIpc) is 2.46. The summed E-state index contributed by atoms with van der Waals surface area (Å²) in [6, 6.07) is 9.57. The van der Waals surface area contributed by atoms with Crippen LogP contribution in [-0.4, -0.2) is 31.3 Å². The van der Waals surface area contributed by atoms with Crippen molar-refractivity contribution in [3.8, 4) is 0 Å². The number of Topliss-reactive ketones (excluding diaryl/α,β-unsaturated/α-hetero) is 1. The molecule has 0 unspecified atom stereocenters. The third kappa shape index (κ3) is 6.53. The van der Waals surface area contributed by atoms with Crippen molar-refractivity contribution in [2.45, 2.75) is 33.5 Å². The van der Waals surface area contributed by atoms with E-state index in [9.17, 15) is 9.36 Å². The molecule has 0 amide bonds. The Hall–Kier alpha value is -1.00. The minimum absolute atomic E-state index is 0.240. The van der Waals surface area contributed by atoms with Crippen LogP contribution in [0.15, 0.2) is 30.3 Å². The molecule has 0 aliphatic carbocycles. The largest absolute Gasteiger partial charge is 0.366 e. The van der Waals surface area contributed by atoms with Crippen LogP contribution in [0.4, 0.5) is 0 Å². The summed E-state index contributed by atoms with van der Waals surface area (Å²) >= 11 is 0. The molecule has 6 heteroatoms.